The molecule has 246 valence electrons. The smallest absolute Gasteiger partial charge is 0.323 e. The van der Waals surface area contributed by atoms with Crippen LogP contribution in [0.1, 0.15) is 74.6 Å². The minimum absolute atomic E-state index is 0.0283. The molecule has 2 saturated carbocycles. The van der Waals surface area contributed by atoms with Gasteiger partial charge in [-0.3, -0.25) is 14.6 Å². The van der Waals surface area contributed by atoms with Gasteiger partial charge in [-0.2, -0.15) is 0 Å². The number of fused-ring (bicyclic) bond motifs is 1. The van der Waals surface area contributed by atoms with Gasteiger partial charge in [0.15, 0.2) is 11.5 Å². The molecule has 1 amide bonds. The third-order valence-electron chi connectivity index (χ3n) is 8.94. The predicted octanol–water partition coefficient (Wildman–Crippen LogP) is 7.83. The van der Waals surface area contributed by atoms with Crippen molar-refractivity contribution in [2.75, 3.05) is 19.0 Å². The molecular weight excluding hydrogens is 594 g/mol. The topological polar surface area (TPSA) is 108 Å². The molecule has 0 aliphatic heterocycles. The van der Waals surface area contributed by atoms with E-state index in [1.807, 2.05) is 30.3 Å². The van der Waals surface area contributed by atoms with Crippen LogP contribution in [0.25, 0.3) is 10.9 Å². The zero-order valence-corrected chi connectivity index (χ0v) is 26.9. The Hall–Kier alpha value is -4.63. The average molecular weight is 638 g/mol. The zero-order chi connectivity index (χ0) is 32.4. The molecule has 3 aromatic carbocycles. The Morgan fingerprint density at radius 1 is 0.851 bits per heavy atom. The molecule has 0 unspecified atom stereocenters. The number of hydrogen-bond donors (Lipinski definition) is 2. The van der Waals surface area contributed by atoms with Crippen LogP contribution in [0.2, 0.25) is 0 Å². The second kappa shape index (κ2) is 15.8. The number of esters is 1. The maximum absolute atomic E-state index is 13.2. The fraction of sp³-hybridized carbons (Fsp3) is 0.395. The van der Waals surface area contributed by atoms with Crippen LogP contribution in [0, 0.1) is 0 Å². The fourth-order valence-corrected chi connectivity index (χ4v) is 6.38. The van der Waals surface area contributed by atoms with Crippen molar-refractivity contribution in [1.29, 1.82) is 0 Å². The predicted molar refractivity (Wildman–Crippen MR) is 181 cm³/mol. The highest BCUT2D eigenvalue weighted by molar-refractivity contribution is 6.04. The molecule has 1 aromatic heterocycles. The Morgan fingerprint density at radius 2 is 1.60 bits per heavy atom. The number of nitrogens with zero attached hydrogens (tertiary/aromatic N) is 1. The van der Waals surface area contributed by atoms with Crippen LogP contribution >= 0.6 is 0 Å². The molecule has 2 aliphatic rings. The Balaban J connectivity index is 1.11. The van der Waals surface area contributed by atoms with E-state index in [-0.39, 0.29) is 18.0 Å². The van der Waals surface area contributed by atoms with Crippen molar-refractivity contribution in [1.82, 2.24) is 10.3 Å². The number of amides is 1. The number of aromatic nitrogens is 1. The normalized spacial score (nSPS) is 16.0. The Morgan fingerprint density at radius 3 is 2.34 bits per heavy atom. The number of benzene rings is 3. The first-order valence-corrected chi connectivity index (χ1v) is 16.8. The van der Waals surface area contributed by atoms with Crippen molar-refractivity contribution in [3.63, 3.8) is 0 Å². The second-order valence-corrected chi connectivity index (χ2v) is 12.3. The molecule has 1 heterocycles. The number of anilines is 1. The highest BCUT2D eigenvalue weighted by Gasteiger charge is 2.28. The number of hydrogen-bond acceptors (Lipinski definition) is 8. The summed E-state index contributed by atoms with van der Waals surface area (Å²) < 4.78 is 24.1. The highest BCUT2D eigenvalue weighted by atomic mass is 16.5. The van der Waals surface area contributed by atoms with E-state index < -0.39 is 6.04 Å². The van der Waals surface area contributed by atoms with Gasteiger partial charge in [-0.15, -0.1) is 0 Å². The van der Waals surface area contributed by atoms with Crippen LogP contribution in [-0.2, 0) is 9.53 Å². The first-order chi connectivity index (χ1) is 23.1. The monoisotopic (exact) mass is 637 g/mol. The fourth-order valence-electron chi connectivity index (χ4n) is 6.38. The van der Waals surface area contributed by atoms with E-state index in [4.69, 9.17) is 18.9 Å². The number of carbonyl (C=O) groups is 2. The molecule has 9 nitrogen and oxygen atoms in total. The molecule has 0 radical (unpaired) electrons. The van der Waals surface area contributed by atoms with Gasteiger partial charge in [0, 0.05) is 41.4 Å². The van der Waals surface area contributed by atoms with Crippen LogP contribution < -0.4 is 24.8 Å². The van der Waals surface area contributed by atoms with Crippen LogP contribution in [0.5, 0.6) is 23.0 Å². The Labute approximate surface area is 276 Å². The summed E-state index contributed by atoms with van der Waals surface area (Å²) in [5.74, 6) is 1.95. The summed E-state index contributed by atoms with van der Waals surface area (Å²) in [6.07, 6.45) is 12.1. The van der Waals surface area contributed by atoms with E-state index in [1.165, 1.54) is 19.3 Å². The molecule has 4 aromatic rings. The van der Waals surface area contributed by atoms with E-state index in [0.717, 1.165) is 43.9 Å². The molecular formula is C38H43N3O6. The van der Waals surface area contributed by atoms with E-state index in [1.54, 1.807) is 55.8 Å². The van der Waals surface area contributed by atoms with Gasteiger partial charge >= 0.3 is 5.97 Å². The van der Waals surface area contributed by atoms with Crippen molar-refractivity contribution in [3.8, 4) is 23.0 Å². The van der Waals surface area contributed by atoms with Crippen molar-refractivity contribution in [2.45, 2.75) is 82.4 Å². The molecule has 2 fully saturated rings. The molecule has 2 N–H and O–H groups in total. The minimum Gasteiger partial charge on any atom is -0.493 e. The van der Waals surface area contributed by atoms with Gasteiger partial charge in [-0.25, -0.2) is 0 Å². The van der Waals surface area contributed by atoms with Gasteiger partial charge in [0.2, 0.25) is 0 Å². The SMILES string of the molecule is COc1cc2c(Oc3ccc(NC(=O)c4ccccc4)cc3)ccnc2cc1OCC[C@H](NC1CCCCC1)C(=O)OC1CCCC1. The van der Waals surface area contributed by atoms with Crippen LogP contribution in [0.15, 0.2) is 79.0 Å². The zero-order valence-electron chi connectivity index (χ0n) is 26.9. The highest BCUT2D eigenvalue weighted by Crippen LogP contribution is 2.37. The third-order valence-corrected chi connectivity index (χ3v) is 8.94. The van der Waals surface area contributed by atoms with E-state index in [9.17, 15) is 9.59 Å². The van der Waals surface area contributed by atoms with Gasteiger partial charge in [0.1, 0.15) is 23.6 Å². The van der Waals surface area contributed by atoms with E-state index >= 15 is 0 Å². The van der Waals surface area contributed by atoms with E-state index in [0.29, 0.717) is 58.8 Å². The summed E-state index contributed by atoms with van der Waals surface area (Å²) in [6.45, 7) is 0.315. The standard InChI is InChI=1S/C38H43N3O6/c1-44-35-24-31-33(39-22-20-34(31)46-30-18-16-28(17-19-30)41-37(42)26-10-4-2-5-11-26)25-36(35)45-23-21-32(40-27-12-6-3-7-13-27)38(43)47-29-14-8-9-15-29/h2,4-5,10-11,16-20,22,24-25,27,29,32,40H,3,6-9,12-15,21,23H2,1H3,(H,41,42)/t32-/m0/s1. The van der Waals surface area contributed by atoms with Crippen LogP contribution in [0.4, 0.5) is 5.69 Å². The lowest BCUT2D eigenvalue weighted by Crippen LogP contribution is -2.46. The average Bonchev–Trinajstić information content (AvgIpc) is 3.62. The number of ether oxygens (including phenoxy) is 4. The summed E-state index contributed by atoms with van der Waals surface area (Å²) in [5.41, 5.74) is 1.94. The summed E-state index contributed by atoms with van der Waals surface area (Å²) in [5, 5.41) is 7.25. The van der Waals surface area contributed by atoms with Gasteiger partial charge in [0.05, 0.1) is 19.2 Å². The Kier molecular flexibility index (Phi) is 10.8. The minimum atomic E-state index is -0.415. The molecule has 0 bridgehead atoms. The van der Waals surface area contributed by atoms with Crippen LogP contribution in [0.3, 0.4) is 0 Å². The van der Waals surface area contributed by atoms with Crippen LogP contribution in [-0.4, -0.2) is 48.8 Å². The van der Waals surface area contributed by atoms with Crippen molar-refractivity contribution in [2.24, 2.45) is 0 Å². The van der Waals surface area contributed by atoms with Gasteiger partial charge in [-0.05, 0) is 87.1 Å². The van der Waals surface area contributed by atoms with Crippen molar-refractivity contribution in [3.05, 3.63) is 84.6 Å². The largest absolute Gasteiger partial charge is 0.493 e. The number of pyridine rings is 1. The molecule has 47 heavy (non-hydrogen) atoms. The molecule has 1 atom stereocenters. The summed E-state index contributed by atoms with van der Waals surface area (Å²) in [6, 6.07) is 21.7. The maximum Gasteiger partial charge on any atom is 0.323 e. The summed E-state index contributed by atoms with van der Waals surface area (Å²) in [4.78, 5) is 30.3. The second-order valence-electron chi connectivity index (χ2n) is 12.3. The lowest BCUT2D eigenvalue weighted by molar-refractivity contribution is -0.152. The quantitative estimate of drug-likeness (QED) is 0.143. The number of methoxy groups -OCH3 is 1. The molecule has 0 spiro atoms. The lowest BCUT2D eigenvalue weighted by atomic mass is 9.94. The molecule has 2 aliphatic carbocycles. The van der Waals surface area contributed by atoms with Gasteiger partial charge < -0.3 is 29.6 Å². The number of nitrogens with one attached hydrogen (secondary N) is 2. The summed E-state index contributed by atoms with van der Waals surface area (Å²) in [7, 11) is 1.60. The lowest BCUT2D eigenvalue weighted by Gasteiger charge is -2.28. The van der Waals surface area contributed by atoms with Gasteiger partial charge in [0.25, 0.3) is 5.91 Å². The first kappa shape index (κ1) is 32.3. The first-order valence-electron chi connectivity index (χ1n) is 16.8. The van der Waals surface area contributed by atoms with Crippen molar-refractivity contribution >= 4 is 28.5 Å². The van der Waals surface area contributed by atoms with Crippen molar-refractivity contribution < 1.29 is 28.5 Å². The number of carbonyl (C=O) groups excluding carboxylic acids is 2. The Bertz CT molecular complexity index is 1630. The number of rotatable bonds is 13. The molecule has 6 rings (SSSR count). The summed E-state index contributed by atoms with van der Waals surface area (Å²) >= 11 is 0. The molecule has 9 heteroatoms. The third kappa shape index (κ3) is 8.60. The van der Waals surface area contributed by atoms with Gasteiger partial charge in [-0.1, -0.05) is 37.5 Å². The molecule has 0 saturated heterocycles. The van der Waals surface area contributed by atoms with E-state index in [2.05, 4.69) is 15.6 Å². The maximum atomic E-state index is 13.2.